The average Bonchev–Trinajstić information content (AvgIpc) is 2.69. The van der Waals surface area contributed by atoms with Gasteiger partial charge >= 0.3 is 0 Å². The van der Waals surface area contributed by atoms with Crippen LogP contribution in [0.5, 0.6) is 5.75 Å². The summed E-state index contributed by atoms with van der Waals surface area (Å²) < 4.78 is 17.4. The van der Waals surface area contributed by atoms with E-state index in [4.69, 9.17) is 10.5 Å². The molecule has 1 aliphatic carbocycles. The molecule has 0 heterocycles. The SMILES string of the molecule is CCS(=O)C1CCCC(NC(=NC)NCc2cccc(OCC(N)=O)c2)C1.I. The molecule has 2 rings (SSSR count). The normalized spacial score (nSPS) is 20.6. The zero-order valence-corrected chi connectivity index (χ0v) is 19.6. The number of amides is 1. The number of nitrogens with one attached hydrogen (secondary N) is 2. The number of ether oxygens (including phenoxy) is 1. The van der Waals surface area contributed by atoms with Crippen LogP contribution in [0.2, 0.25) is 0 Å². The Labute approximate surface area is 186 Å². The van der Waals surface area contributed by atoms with E-state index in [1.807, 2.05) is 25.1 Å². The Morgan fingerprint density at radius 2 is 2.18 bits per heavy atom. The van der Waals surface area contributed by atoms with Gasteiger partial charge in [0.25, 0.3) is 5.91 Å². The Kier molecular flexibility index (Phi) is 11.4. The van der Waals surface area contributed by atoms with Crippen molar-refractivity contribution >= 4 is 46.6 Å². The molecule has 1 aromatic rings. The van der Waals surface area contributed by atoms with Crippen molar-refractivity contribution in [2.45, 2.75) is 50.4 Å². The number of guanidine groups is 1. The minimum Gasteiger partial charge on any atom is -0.484 e. The summed E-state index contributed by atoms with van der Waals surface area (Å²) in [6.07, 6.45) is 4.11. The Morgan fingerprint density at radius 3 is 2.86 bits per heavy atom. The first-order valence-corrected chi connectivity index (χ1v) is 10.7. The van der Waals surface area contributed by atoms with Crippen LogP contribution in [-0.2, 0) is 22.1 Å². The second-order valence-electron chi connectivity index (χ2n) is 6.63. The second kappa shape index (κ2) is 13.0. The summed E-state index contributed by atoms with van der Waals surface area (Å²) in [6.45, 7) is 2.42. The number of carbonyl (C=O) groups is 1. The molecule has 1 aliphatic rings. The molecule has 1 aromatic carbocycles. The summed E-state index contributed by atoms with van der Waals surface area (Å²) in [6, 6.07) is 7.78. The minimum atomic E-state index is -0.740. The Hall–Kier alpha value is -1.36. The maximum absolute atomic E-state index is 12.1. The van der Waals surface area contributed by atoms with Crippen molar-refractivity contribution in [3.63, 3.8) is 0 Å². The number of carbonyl (C=O) groups excluding carboxylic acids is 1. The standard InChI is InChI=1S/C19H30N4O3S.HI/c1-3-27(25)17-9-5-7-15(11-17)23-19(21-2)22-12-14-6-4-8-16(10-14)26-13-18(20)24;/h4,6,8,10,15,17H,3,5,7,9,11-13H2,1-2H3,(H2,20,24)(H2,21,22,23);1H. The number of primary amides is 1. The van der Waals surface area contributed by atoms with E-state index in [-0.39, 0.29) is 41.9 Å². The zero-order valence-electron chi connectivity index (χ0n) is 16.5. The molecule has 1 fully saturated rings. The predicted molar refractivity (Wildman–Crippen MR) is 125 cm³/mol. The summed E-state index contributed by atoms with van der Waals surface area (Å²) in [5.74, 6) is 1.55. The van der Waals surface area contributed by atoms with Crippen LogP contribution >= 0.6 is 24.0 Å². The Balaban J connectivity index is 0.00000392. The molecule has 1 saturated carbocycles. The van der Waals surface area contributed by atoms with Crippen molar-refractivity contribution in [2.24, 2.45) is 10.7 Å². The van der Waals surface area contributed by atoms with Crippen molar-refractivity contribution in [1.29, 1.82) is 0 Å². The monoisotopic (exact) mass is 522 g/mol. The minimum absolute atomic E-state index is 0. The molecule has 3 atom stereocenters. The van der Waals surface area contributed by atoms with Gasteiger partial charge in [0.2, 0.25) is 0 Å². The number of nitrogens with zero attached hydrogens (tertiary/aromatic N) is 1. The number of aliphatic imine (C=N–C) groups is 1. The molecule has 0 radical (unpaired) electrons. The Bertz CT molecular complexity index is 687. The van der Waals surface area contributed by atoms with Crippen LogP contribution < -0.4 is 21.1 Å². The molecular weight excluding hydrogens is 491 g/mol. The Morgan fingerprint density at radius 1 is 1.39 bits per heavy atom. The summed E-state index contributed by atoms with van der Waals surface area (Å²) in [4.78, 5) is 15.1. The van der Waals surface area contributed by atoms with Crippen LogP contribution in [0, 0.1) is 0 Å². The van der Waals surface area contributed by atoms with Crippen molar-refractivity contribution in [2.75, 3.05) is 19.4 Å². The van der Waals surface area contributed by atoms with E-state index in [0.717, 1.165) is 43.0 Å². The summed E-state index contributed by atoms with van der Waals surface area (Å²) >= 11 is 0. The second-order valence-corrected chi connectivity index (χ2v) is 8.63. The lowest BCUT2D eigenvalue weighted by atomic mass is 9.95. The quantitative estimate of drug-likeness (QED) is 0.275. The highest BCUT2D eigenvalue weighted by Crippen LogP contribution is 2.23. The molecule has 0 aliphatic heterocycles. The van der Waals surface area contributed by atoms with Gasteiger partial charge in [0.05, 0.1) is 0 Å². The highest BCUT2D eigenvalue weighted by atomic mass is 127. The molecule has 9 heteroatoms. The first-order valence-electron chi connectivity index (χ1n) is 9.36. The third kappa shape index (κ3) is 8.34. The van der Waals surface area contributed by atoms with E-state index in [9.17, 15) is 9.00 Å². The first-order chi connectivity index (χ1) is 13.0. The van der Waals surface area contributed by atoms with Crippen molar-refractivity contribution in [1.82, 2.24) is 10.6 Å². The van der Waals surface area contributed by atoms with E-state index in [0.29, 0.717) is 12.3 Å². The van der Waals surface area contributed by atoms with Crippen LogP contribution in [0.25, 0.3) is 0 Å². The maximum atomic E-state index is 12.1. The first kappa shape index (κ1) is 24.7. The van der Waals surface area contributed by atoms with Crippen LogP contribution in [0.1, 0.15) is 38.2 Å². The van der Waals surface area contributed by atoms with Gasteiger partial charge in [-0.05, 0) is 37.0 Å². The van der Waals surface area contributed by atoms with Crippen molar-refractivity contribution in [3.05, 3.63) is 29.8 Å². The van der Waals surface area contributed by atoms with Crippen molar-refractivity contribution in [3.8, 4) is 5.75 Å². The van der Waals surface area contributed by atoms with Gasteiger partial charge in [0, 0.05) is 41.4 Å². The van der Waals surface area contributed by atoms with Gasteiger partial charge in [0.15, 0.2) is 12.6 Å². The van der Waals surface area contributed by atoms with E-state index >= 15 is 0 Å². The molecule has 0 spiro atoms. The van der Waals surface area contributed by atoms with Crippen LogP contribution in [0.15, 0.2) is 29.3 Å². The number of nitrogens with two attached hydrogens (primary N) is 1. The fourth-order valence-corrected chi connectivity index (χ4v) is 4.57. The van der Waals surface area contributed by atoms with Crippen LogP contribution in [0.3, 0.4) is 0 Å². The molecule has 28 heavy (non-hydrogen) atoms. The highest BCUT2D eigenvalue weighted by Gasteiger charge is 2.25. The van der Waals surface area contributed by atoms with E-state index < -0.39 is 16.7 Å². The third-order valence-corrected chi connectivity index (χ3v) is 6.33. The van der Waals surface area contributed by atoms with Gasteiger partial charge in [-0.15, -0.1) is 24.0 Å². The van der Waals surface area contributed by atoms with E-state index in [2.05, 4.69) is 15.6 Å². The van der Waals surface area contributed by atoms with Gasteiger partial charge in [-0.3, -0.25) is 14.0 Å². The number of hydrogen-bond donors (Lipinski definition) is 3. The smallest absolute Gasteiger partial charge is 0.255 e. The van der Waals surface area contributed by atoms with E-state index in [1.54, 1.807) is 13.1 Å². The summed E-state index contributed by atoms with van der Waals surface area (Å²) in [7, 11) is 1.00. The largest absolute Gasteiger partial charge is 0.484 e. The maximum Gasteiger partial charge on any atom is 0.255 e. The van der Waals surface area contributed by atoms with Crippen LogP contribution in [0.4, 0.5) is 0 Å². The lowest BCUT2D eigenvalue weighted by Crippen LogP contribution is -2.46. The molecule has 3 unspecified atom stereocenters. The van der Waals surface area contributed by atoms with Crippen molar-refractivity contribution < 1.29 is 13.7 Å². The number of halogens is 1. The number of rotatable bonds is 8. The van der Waals surface area contributed by atoms with Crippen LogP contribution in [-0.4, -0.2) is 46.8 Å². The molecule has 4 N–H and O–H groups in total. The molecule has 158 valence electrons. The fourth-order valence-electron chi connectivity index (χ4n) is 3.22. The molecule has 1 amide bonds. The topological polar surface area (TPSA) is 106 Å². The fraction of sp³-hybridized carbons (Fsp3) is 0.579. The van der Waals surface area contributed by atoms with Gasteiger partial charge in [0.1, 0.15) is 5.75 Å². The summed E-state index contributed by atoms with van der Waals surface area (Å²) in [5.41, 5.74) is 6.11. The summed E-state index contributed by atoms with van der Waals surface area (Å²) in [5, 5.41) is 7.03. The molecular formula is C19H31IN4O3S. The van der Waals surface area contributed by atoms with E-state index in [1.165, 1.54) is 0 Å². The number of benzene rings is 1. The molecule has 0 aromatic heterocycles. The lowest BCUT2D eigenvalue weighted by molar-refractivity contribution is -0.119. The molecule has 0 bridgehead atoms. The molecule has 0 saturated heterocycles. The van der Waals surface area contributed by atoms with Gasteiger partial charge in [-0.2, -0.15) is 0 Å². The molecule has 7 nitrogen and oxygen atoms in total. The highest BCUT2D eigenvalue weighted by molar-refractivity contribution is 14.0. The average molecular weight is 522 g/mol. The van der Waals surface area contributed by atoms with Gasteiger partial charge in [-0.25, -0.2) is 0 Å². The lowest BCUT2D eigenvalue weighted by Gasteiger charge is -2.30. The number of hydrogen-bond acceptors (Lipinski definition) is 4. The predicted octanol–water partition coefficient (Wildman–Crippen LogP) is 1.91. The zero-order chi connectivity index (χ0) is 19.6. The third-order valence-electron chi connectivity index (χ3n) is 4.59. The van der Waals surface area contributed by atoms with Gasteiger partial charge < -0.3 is 21.1 Å². The van der Waals surface area contributed by atoms with Gasteiger partial charge in [-0.1, -0.05) is 25.5 Å².